The summed E-state index contributed by atoms with van der Waals surface area (Å²) in [5.74, 6) is 0. The molecule has 4 rings (SSSR count). The van der Waals surface area contributed by atoms with Gasteiger partial charge in [-0.25, -0.2) is 18.6 Å². The molecular formula is C26H24ClNO4. The van der Waals surface area contributed by atoms with E-state index in [-0.39, 0.29) is 0 Å². The Morgan fingerprint density at radius 2 is 0.844 bits per heavy atom. The largest absolute Gasteiger partial charge is 0.222 e. The quantitative estimate of drug-likeness (QED) is 0.444. The van der Waals surface area contributed by atoms with E-state index in [0.29, 0.717) is 6.04 Å². The van der Waals surface area contributed by atoms with Crippen LogP contribution in [0.5, 0.6) is 0 Å². The Bertz CT molecular complexity index is 1060. The highest BCUT2D eigenvalue weighted by Crippen LogP contribution is 2.30. The van der Waals surface area contributed by atoms with Gasteiger partial charge in [0.1, 0.15) is 0 Å². The van der Waals surface area contributed by atoms with E-state index in [4.69, 9.17) is 18.6 Å². The summed E-state index contributed by atoms with van der Waals surface area (Å²) in [5.41, 5.74) is 7.44. The van der Waals surface area contributed by atoms with Crippen molar-refractivity contribution in [1.82, 2.24) is 0 Å². The Morgan fingerprint density at radius 3 is 1.16 bits per heavy atom. The van der Waals surface area contributed by atoms with Crippen LogP contribution in [0.2, 0.25) is 0 Å². The van der Waals surface area contributed by atoms with Crippen LogP contribution < -0.4 is 23.2 Å². The number of pyridine rings is 1. The highest BCUT2D eigenvalue weighted by molar-refractivity contribution is 5.73. The molecule has 0 fully saturated rings. The molecule has 1 aromatic heterocycles. The van der Waals surface area contributed by atoms with Crippen LogP contribution in [0.1, 0.15) is 19.9 Å². The van der Waals surface area contributed by atoms with Crippen molar-refractivity contribution >= 4 is 0 Å². The molecule has 0 bridgehead atoms. The molecule has 0 amide bonds. The van der Waals surface area contributed by atoms with Crippen LogP contribution in [-0.2, 0) is 0 Å². The minimum absolute atomic E-state index is 0.347. The van der Waals surface area contributed by atoms with Crippen LogP contribution >= 0.6 is 0 Å². The van der Waals surface area contributed by atoms with Gasteiger partial charge in [-0.05, 0) is 49.2 Å². The second-order valence-electron chi connectivity index (χ2n) is 7.45. The number of nitrogens with zero attached hydrogens (tertiary/aromatic N) is 1. The maximum absolute atomic E-state index is 8.49. The monoisotopic (exact) mass is 449 g/mol. The van der Waals surface area contributed by atoms with Crippen molar-refractivity contribution < 1.29 is 33.4 Å². The third-order valence-corrected chi connectivity index (χ3v) is 4.87. The first-order valence-corrected chi connectivity index (χ1v) is 11.3. The third kappa shape index (κ3) is 6.47. The maximum Gasteiger partial charge on any atom is 0.213 e. The molecule has 4 aromatic rings. The highest BCUT2D eigenvalue weighted by atomic mass is 35.7. The average Bonchev–Trinajstić information content (AvgIpc) is 2.79. The van der Waals surface area contributed by atoms with Gasteiger partial charge in [-0.2, -0.15) is 4.57 Å². The van der Waals surface area contributed by atoms with Gasteiger partial charge in [-0.3, -0.25) is 0 Å². The summed E-state index contributed by atoms with van der Waals surface area (Å²) < 4.78 is 36.4. The van der Waals surface area contributed by atoms with E-state index in [9.17, 15) is 0 Å². The Morgan fingerprint density at radius 1 is 0.531 bits per heavy atom. The van der Waals surface area contributed by atoms with E-state index in [1.807, 2.05) is 0 Å². The molecule has 5 nitrogen and oxygen atoms in total. The summed E-state index contributed by atoms with van der Waals surface area (Å²) in [6.45, 7) is 4.50. The number of rotatable bonds is 4. The molecule has 6 heteroatoms. The fourth-order valence-corrected chi connectivity index (χ4v) is 3.62. The van der Waals surface area contributed by atoms with Crippen molar-refractivity contribution in [1.29, 1.82) is 0 Å². The molecule has 164 valence electrons. The minimum Gasteiger partial charge on any atom is -0.222 e. The van der Waals surface area contributed by atoms with Gasteiger partial charge in [0.15, 0.2) is 6.04 Å². The lowest BCUT2D eigenvalue weighted by Crippen LogP contribution is -2.68. The molecule has 0 aliphatic rings. The van der Waals surface area contributed by atoms with Crippen molar-refractivity contribution in [3.05, 3.63) is 103 Å². The van der Waals surface area contributed by atoms with Gasteiger partial charge in [-0.1, -0.05) is 66.7 Å². The van der Waals surface area contributed by atoms with Crippen molar-refractivity contribution in [2.24, 2.45) is 0 Å². The molecule has 0 N–H and O–H groups in total. The zero-order valence-electron chi connectivity index (χ0n) is 17.9. The van der Waals surface area contributed by atoms with E-state index in [2.05, 4.69) is 122 Å². The third-order valence-electron chi connectivity index (χ3n) is 4.87. The zero-order chi connectivity index (χ0) is 23.1. The standard InChI is InChI=1S/C26H24N.ClHO4/c1-20(2)27-25(22-14-8-4-9-15-22)18-24(21-12-6-3-7-13-21)19-26(27)23-16-10-5-11-17-23;2-1(3,4)5/h3-20H,1-2H3;(H,2,3,4,5)/q+1;/p-1. The van der Waals surface area contributed by atoms with Crippen LogP contribution in [-0.4, -0.2) is 0 Å². The predicted octanol–water partition coefficient (Wildman–Crippen LogP) is 1.80. The van der Waals surface area contributed by atoms with Crippen molar-refractivity contribution in [2.45, 2.75) is 19.9 Å². The molecule has 0 aliphatic heterocycles. The predicted molar refractivity (Wildman–Crippen MR) is 113 cm³/mol. The number of hydrogen-bond donors (Lipinski definition) is 0. The van der Waals surface area contributed by atoms with Gasteiger partial charge >= 0.3 is 0 Å². The first-order valence-electron chi connectivity index (χ1n) is 10.1. The molecule has 0 spiro atoms. The van der Waals surface area contributed by atoms with Gasteiger partial charge in [0.05, 0.1) is 0 Å². The molecule has 0 aliphatic carbocycles. The second kappa shape index (κ2) is 10.5. The first-order chi connectivity index (χ1) is 15.2. The Labute approximate surface area is 190 Å². The van der Waals surface area contributed by atoms with Gasteiger partial charge < -0.3 is 0 Å². The summed E-state index contributed by atoms with van der Waals surface area (Å²) in [4.78, 5) is 0. The van der Waals surface area contributed by atoms with Gasteiger partial charge in [0.25, 0.3) is 0 Å². The smallest absolute Gasteiger partial charge is 0.213 e. The Kier molecular flexibility index (Phi) is 7.75. The van der Waals surface area contributed by atoms with E-state index < -0.39 is 10.2 Å². The molecule has 32 heavy (non-hydrogen) atoms. The summed E-state index contributed by atoms with van der Waals surface area (Å²) in [6.07, 6.45) is 0. The maximum atomic E-state index is 8.49. The molecule has 0 unspecified atom stereocenters. The van der Waals surface area contributed by atoms with E-state index in [1.54, 1.807) is 0 Å². The fourth-order valence-electron chi connectivity index (χ4n) is 3.62. The van der Waals surface area contributed by atoms with Crippen LogP contribution in [0.4, 0.5) is 0 Å². The summed E-state index contributed by atoms with van der Waals surface area (Å²) >= 11 is 0. The summed E-state index contributed by atoms with van der Waals surface area (Å²) in [6, 6.07) is 37.0. The van der Waals surface area contributed by atoms with Crippen molar-refractivity contribution in [3.63, 3.8) is 0 Å². The zero-order valence-corrected chi connectivity index (χ0v) is 18.6. The molecule has 1 heterocycles. The summed E-state index contributed by atoms with van der Waals surface area (Å²) in [5, 5.41) is 0. The molecule has 0 saturated carbocycles. The van der Waals surface area contributed by atoms with Gasteiger partial charge in [0, 0.05) is 23.3 Å². The van der Waals surface area contributed by atoms with Crippen molar-refractivity contribution in [2.75, 3.05) is 0 Å². The number of hydrogen-bond acceptors (Lipinski definition) is 4. The lowest BCUT2D eigenvalue weighted by atomic mass is 9.98. The molecule has 0 saturated heterocycles. The normalized spacial score (nSPS) is 11.1. The SMILES string of the molecule is CC(C)[n+]1c(-c2ccccc2)cc(-c2ccccc2)cc1-c1ccccc1.[O-][Cl+3]([O-])([O-])[O-]. The van der Waals surface area contributed by atoms with Crippen LogP contribution in [0.15, 0.2) is 103 Å². The Hall–Kier alpha value is -3.06. The minimum atomic E-state index is -4.94. The van der Waals surface area contributed by atoms with Gasteiger partial charge in [-0.15, -0.1) is 10.2 Å². The van der Waals surface area contributed by atoms with Gasteiger partial charge in [0.2, 0.25) is 11.4 Å². The van der Waals surface area contributed by atoms with Crippen LogP contribution in [0.25, 0.3) is 33.6 Å². The van der Waals surface area contributed by atoms with E-state index in [1.165, 1.54) is 33.6 Å². The van der Waals surface area contributed by atoms with E-state index >= 15 is 0 Å². The molecule has 0 radical (unpaired) electrons. The topological polar surface area (TPSA) is 96.1 Å². The van der Waals surface area contributed by atoms with E-state index in [0.717, 1.165) is 0 Å². The average molecular weight is 450 g/mol. The lowest BCUT2D eigenvalue weighted by molar-refractivity contribution is -2.00. The Balaban J connectivity index is 0.000000523. The summed E-state index contributed by atoms with van der Waals surface area (Å²) in [7, 11) is -4.94. The van der Waals surface area contributed by atoms with Crippen LogP contribution in [0, 0.1) is 10.2 Å². The molecular weight excluding hydrogens is 426 g/mol. The first kappa shape index (κ1) is 23.6. The fraction of sp³-hybridized carbons (Fsp3) is 0.115. The van der Waals surface area contributed by atoms with Crippen LogP contribution in [0.3, 0.4) is 0 Å². The second-order valence-corrected chi connectivity index (χ2v) is 8.21. The molecule has 3 aromatic carbocycles. The number of aromatic nitrogens is 1. The lowest BCUT2D eigenvalue weighted by Gasteiger charge is -2.17. The number of halogens is 1. The highest BCUT2D eigenvalue weighted by Gasteiger charge is 2.24. The number of benzene rings is 3. The van der Waals surface area contributed by atoms with Crippen molar-refractivity contribution in [3.8, 4) is 33.6 Å². The molecule has 0 atom stereocenters.